The highest BCUT2D eigenvalue weighted by Gasteiger charge is 2.11. The number of nitrogens with one attached hydrogen (secondary N) is 2. The van der Waals surface area contributed by atoms with Crippen molar-refractivity contribution < 1.29 is 4.79 Å². The number of hydrogen-bond donors (Lipinski definition) is 2. The van der Waals surface area contributed by atoms with Gasteiger partial charge in [-0.3, -0.25) is 4.79 Å². The maximum Gasteiger partial charge on any atom is 0.274 e. The van der Waals surface area contributed by atoms with Gasteiger partial charge in [0.25, 0.3) is 5.91 Å². The molecule has 0 saturated carbocycles. The second-order valence-corrected chi connectivity index (χ2v) is 6.79. The molecule has 0 fully saturated rings. The van der Waals surface area contributed by atoms with Gasteiger partial charge < -0.3 is 10.6 Å². The van der Waals surface area contributed by atoms with Crippen LogP contribution in [0.3, 0.4) is 0 Å². The van der Waals surface area contributed by atoms with Crippen LogP contribution in [0.1, 0.15) is 54.0 Å². The van der Waals surface area contributed by atoms with Gasteiger partial charge in [-0.15, -0.1) is 0 Å². The minimum Gasteiger partial charge on any atom is -0.370 e. The number of hydrogen-bond acceptors (Lipinski definition) is 4. The van der Waals surface area contributed by atoms with E-state index in [2.05, 4.69) is 26.7 Å². The van der Waals surface area contributed by atoms with E-state index in [1.165, 1.54) is 31.3 Å². The molecule has 0 bridgehead atoms. The van der Waals surface area contributed by atoms with Crippen molar-refractivity contribution in [1.82, 2.24) is 9.97 Å². The zero-order valence-corrected chi connectivity index (χ0v) is 15.5. The molecule has 0 radical (unpaired) electrons. The lowest BCUT2D eigenvalue weighted by Gasteiger charge is -2.13. The predicted octanol–water partition coefficient (Wildman–Crippen LogP) is 4.65. The Hall–Kier alpha value is -2.69. The Morgan fingerprint density at radius 2 is 1.92 bits per heavy atom. The van der Waals surface area contributed by atoms with Crippen LogP contribution in [0.5, 0.6) is 0 Å². The summed E-state index contributed by atoms with van der Waals surface area (Å²) in [5.41, 5.74) is 3.81. The molecule has 1 amide bonds. The van der Waals surface area contributed by atoms with E-state index in [1.807, 2.05) is 31.2 Å². The Morgan fingerprint density at radius 3 is 2.65 bits per heavy atom. The Kier molecular flexibility index (Phi) is 6.00. The average molecular weight is 350 g/mol. The van der Waals surface area contributed by atoms with Crippen molar-refractivity contribution in [1.29, 1.82) is 0 Å². The van der Waals surface area contributed by atoms with E-state index in [9.17, 15) is 4.79 Å². The second-order valence-electron chi connectivity index (χ2n) is 6.79. The van der Waals surface area contributed by atoms with Crippen LogP contribution < -0.4 is 10.6 Å². The fraction of sp³-hybridized carbons (Fsp3) is 0.381. The van der Waals surface area contributed by atoms with E-state index in [1.54, 1.807) is 13.0 Å². The molecule has 2 N–H and O–H groups in total. The lowest BCUT2D eigenvalue weighted by molar-refractivity contribution is 0.102. The largest absolute Gasteiger partial charge is 0.370 e. The number of amides is 1. The van der Waals surface area contributed by atoms with Gasteiger partial charge in [0.1, 0.15) is 17.3 Å². The van der Waals surface area contributed by atoms with Crippen molar-refractivity contribution in [3.63, 3.8) is 0 Å². The number of aryl methyl sites for hydroxylation is 2. The molecule has 2 aromatic rings. The van der Waals surface area contributed by atoms with Crippen molar-refractivity contribution in [2.24, 2.45) is 0 Å². The molecule has 26 heavy (non-hydrogen) atoms. The molecule has 0 aliphatic heterocycles. The van der Waals surface area contributed by atoms with Crippen molar-refractivity contribution in [3.05, 3.63) is 59.1 Å². The Labute approximate surface area is 155 Å². The Bertz CT molecular complexity index is 796. The number of allylic oxidation sites excluding steroid dienone is 1. The summed E-state index contributed by atoms with van der Waals surface area (Å²) >= 11 is 0. The van der Waals surface area contributed by atoms with E-state index >= 15 is 0 Å². The van der Waals surface area contributed by atoms with E-state index in [4.69, 9.17) is 0 Å². The molecule has 0 atom stereocenters. The van der Waals surface area contributed by atoms with Gasteiger partial charge in [0, 0.05) is 18.3 Å². The van der Waals surface area contributed by atoms with Crippen LogP contribution in [0, 0.1) is 13.8 Å². The quantitative estimate of drug-likeness (QED) is 0.744. The molecule has 1 heterocycles. The van der Waals surface area contributed by atoms with Crippen LogP contribution in [0.4, 0.5) is 11.5 Å². The standard InChI is InChI=1S/C21H26N4O/c1-15-8-10-18(11-9-15)25-21(26)19-14-20(24-16(2)23-19)22-13-12-17-6-4-3-5-7-17/h6,8-11,14H,3-5,7,12-13H2,1-2H3,(H,25,26)(H,22,23,24). The van der Waals surface area contributed by atoms with Gasteiger partial charge in [-0.05, 0) is 58.1 Å². The maximum atomic E-state index is 12.5. The molecule has 0 unspecified atom stereocenters. The Balaban J connectivity index is 1.61. The molecule has 5 nitrogen and oxygen atoms in total. The number of anilines is 2. The molecule has 1 aliphatic carbocycles. The summed E-state index contributed by atoms with van der Waals surface area (Å²) in [5.74, 6) is 1.06. The summed E-state index contributed by atoms with van der Waals surface area (Å²) in [7, 11) is 0. The normalized spacial score (nSPS) is 13.8. The molecule has 1 aromatic carbocycles. The van der Waals surface area contributed by atoms with Crippen LogP contribution >= 0.6 is 0 Å². The highest BCUT2D eigenvalue weighted by molar-refractivity contribution is 6.03. The molecule has 136 valence electrons. The summed E-state index contributed by atoms with van der Waals surface area (Å²) < 4.78 is 0. The van der Waals surface area contributed by atoms with E-state index in [-0.39, 0.29) is 5.91 Å². The summed E-state index contributed by atoms with van der Waals surface area (Å²) in [5, 5.41) is 6.21. The van der Waals surface area contributed by atoms with Gasteiger partial charge >= 0.3 is 0 Å². The lowest BCUT2D eigenvalue weighted by atomic mass is 9.97. The first-order chi connectivity index (χ1) is 12.6. The first kappa shape index (κ1) is 18.1. The summed E-state index contributed by atoms with van der Waals surface area (Å²) in [6.07, 6.45) is 8.38. The van der Waals surface area contributed by atoms with Crippen LogP contribution in [0.15, 0.2) is 42.0 Å². The van der Waals surface area contributed by atoms with Crippen molar-refractivity contribution in [2.75, 3.05) is 17.2 Å². The predicted molar refractivity (Wildman–Crippen MR) is 106 cm³/mol. The fourth-order valence-corrected chi connectivity index (χ4v) is 3.09. The van der Waals surface area contributed by atoms with Crippen LogP contribution in [-0.2, 0) is 0 Å². The van der Waals surface area contributed by atoms with Gasteiger partial charge in [0.05, 0.1) is 0 Å². The van der Waals surface area contributed by atoms with Crippen LogP contribution in [-0.4, -0.2) is 22.4 Å². The zero-order valence-electron chi connectivity index (χ0n) is 15.5. The lowest BCUT2D eigenvalue weighted by Crippen LogP contribution is -2.16. The molecular formula is C21H26N4O. The van der Waals surface area contributed by atoms with Gasteiger partial charge in [0.2, 0.25) is 0 Å². The van der Waals surface area contributed by atoms with Gasteiger partial charge in [-0.25, -0.2) is 9.97 Å². The number of carbonyl (C=O) groups excluding carboxylic acids is 1. The number of benzene rings is 1. The first-order valence-electron chi connectivity index (χ1n) is 9.25. The Morgan fingerprint density at radius 1 is 1.12 bits per heavy atom. The topological polar surface area (TPSA) is 66.9 Å². The molecule has 1 aromatic heterocycles. The third-order valence-corrected chi connectivity index (χ3v) is 4.52. The molecular weight excluding hydrogens is 324 g/mol. The average Bonchev–Trinajstić information content (AvgIpc) is 2.64. The van der Waals surface area contributed by atoms with E-state index in [0.29, 0.717) is 17.3 Å². The summed E-state index contributed by atoms with van der Waals surface area (Å²) in [6.45, 7) is 4.64. The number of aromatic nitrogens is 2. The summed E-state index contributed by atoms with van der Waals surface area (Å²) in [6, 6.07) is 9.42. The van der Waals surface area contributed by atoms with Gasteiger partial charge in [-0.2, -0.15) is 0 Å². The number of carbonyl (C=O) groups is 1. The zero-order chi connectivity index (χ0) is 18.4. The molecule has 5 heteroatoms. The number of nitrogens with zero attached hydrogens (tertiary/aromatic N) is 2. The molecule has 0 saturated heterocycles. The molecule has 1 aliphatic rings. The first-order valence-corrected chi connectivity index (χ1v) is 9.25. The van der Waals surface area contributed by atoms with E-state index in [0.717, 1.165) is 24.2 Å². The fourth-order valence-electron chi connectivity index (χ4n) is 3.09. The van der Waals surface area contributed by atoms with Crippen LogP contribution in [0.25, 0.3) is 0 Å². The van der Waals surface area contributed by atoms with Crippen LogP contribution in [0.2, 0.25) is 0 Å². The summed E-state index contributed by atoms with van der Waals surface area (Å²) in [4.78, 5) is 21.2. The minimum atomic E-state index is -0.225. The number of rotatable bonds is 6. The highest BCUT2D eigenvalue weighted by atomic mass is 16.1. The van der Waals surface area contributed by atoms with Gasteiger partial charge in [0.15, 0.2) is 0 Å². The van der Waals surface area contributed by atoms with E-state index < -0.39 is 0 Å². The third-order valence-electron chi connectivity index (χ3n) is 4.52. The third kappa shape index (κ3) is 5.15. The monoisotopic (exact) mass is 350 g/mol. The molecule has 3 rings (SSSR count). The SMILES string of the molecule is Cc1ccc(NC(=O)c2cc(NCCC3=CCCCC3)nc(C)n2)cc1. The maximum absolute atomic E-state index is 12.5. The molecule has 0 spiro atoms. The highest BCUT2D eigenvalue weighted by Crippen LogP contribution is 2.20. The smallest absolute Gasteiger partial charge is 0.274 e. The van der Waals surface area contributed by atoms with Crippen molar-refractivity contribution in [2.45, 2.75) is 46.0 Å². The second kappa shape index (κ2) is 8.61. The minimum absolute atomic E-state index is 0.225. The van der Waals surface area contributed by atoms with Crippen molar-refractivity contribution >= 4 is 17.4 Å². The van der Waals surface area contributed by atoms with Crippen molar-refractivity contribution in [3.8, 4) is 0 Å². The van der Waals surface area contributed by atoms with Gasteiger partial charge in [-0.1, -0.05) is 29.3 Å².